The number of allylic oxidation sites excluding steroid dienone is 5. The quantitative estimate of drug-likeness (QED) is 0.577. The highest BCUT2D eigenvalue weighted by Crippen LogP contribution is 2.25. The zero-order valence-electron chi connectivity index (χ0n) is 7.98. The van der Waals surface area contributed by atoms with Crippen molar-refractivity contribution in [2.24, 2.45) is 16.8 Å². The van der Waals surface area contributed by atoms with Gasteiger partial charge in [0.05, 0.1) is 0 Å². The van der Waals surface area contributed by atoms with Gasteiger partial charge in [-0.1, -0.05) is 37.3 Å². The number of nitrogens with zero attached hydrogens (tertiary/aromatic N) is 1. The smallest absolute Gasteiger partial charge is 0.0434 e. The molecule has 1 heteroatoms. The molecule has 1 aliphatic heterocycles. The maximum Gasteiger partial charge on any atom is 0.0434 e. The van der Waals surface area contributed by atoms with E-state index < -0.39 is 0 Å². The van der Waals surface area contributed by atoms with Crippen molar-refractivity contribution in [1.29, 1.82) is 0 Å². The van der Waals surface area contributed by atoms with E-state index in [1.807, 2.05) is 6.21 Å². The van der Waals surface area contributed by atoms with Gasteiger partial charge >= 0.3 is 0 Å². The Labute approximate surface area is 79.6 Å². The van der Waals surface area contributed by atoms with Gasteiger partial charge in [-0.05, 0) is 18.8 Å². The average Bonchev–Trinajstić information content (AvgIpc) is 2.19. The summed E-state index contributed by atoms with van der Waals surface area (Å²) in [5.74, 6) is 1.18. The Morgan fingerprint density at radius 3 is 2.92 bits per heavy atom. The van der Waals surface area contributed by atoms with Crippen molar-refractivity contribution in [2.45, 2.75) is 19.8 Å². The van der Waals surface area contributed by atoms with Gasteiger partial charge in [-0.2, -0.15) is 0 Å². The summed E-state index contributed by atoms with van der Waals surface area (Å²) in [5, 5.41) is 0. The Kier molecular flexibility index (Phi) is 2.44. The Morgan fingerprint density at radius 2 is 2.23 bits per heavy atom. The van der Waals surface area contributed by atoms with Crippen molar-refractivity contribution in [1.82, 2.24) is 0 Å². The summed E-state index contributed by atoms with van der Waals surface area (Å²) in [4.78, 5) is 4.45. The van der Waals surface area contributed by atoms with Crippen molar-refractivity contribution < 1.29 is 0 Å². The standard InChI is InChI=1S/C12H15N/c1-10-7-8-13-12(9-10)11-5-3-2-4-6-11/h2-5,8-11H,6-7H2,1H3/t10-,11?/m1/s1. The molecule has 0 fully saturated rings. The molecule has 0 amide bonds. The van der Waals surface area contributed by atoms with E-state index in [1.165, 1.54) is 5.70 Å². The van der Waals surface area contributed by atoms with Crippen LogP contribution in [0.5, 0.6) is 0 Å². The highest BCUT2D eigenvalue weighted by atomic mass is 14.8. The Balaban J connectivity index is 2.12. The van der Waals surface area contributed by atoms with Crippen LogP contribution in [0.2, 0.25) is 0 Å². The molecule has 13 heavy (non-hydrogen) atoms. The van der Waals surface area contributed by atoms with Crippen molar-refractivity contribution >= 4 is 6.21 Å². The first-order chi connectivity index (χ1) is 6.36. The highest BCUT2D eigenvalue weighted by molar-refractivity contribution is 5.61. The highest BCUT2D eigenvalue weighted by Gasteiger charge is 2.13. The van der Waals surface area contributed by atoms with Gasteiger partial charge in [0.25, 0.3) is 0 Å². The topological polar surface area (TPSA) is 12.4 Å². The third-order valence-corrected chi connectivity index (χ3v) is 2.53. The van der Waals surface area contributed by atoms with Gasteiger partial charge in [0.1, 0.15) is 0 Å². The lowest BCUT2D eigenvalue weighted by Gasteiger charge is -2.18. The summed E-state index contributed by atoms with van der Waals surface area (Å²) in [7, 11) is 0. The number of hydrogen-bond donors (Lipinski definition) is 0. The van der Waals surface area contributed by atoms with Crippen LogP contribution in [0.3, 0.4) is 0 Å². The molecule has 1 unspecified atom stereocenters. The molecule has 0 aromatic carbocycles. The van der Waals surface area contributed by atoms with Crippen LogP contribution in [0.1, 0.15) is 19.8 Å². The molecule has 68 valence electrons. The molecule has 1 heterocycles. The molecule has 0 spiro atoms. The molecule has 0 bridgehead atoms. The van der Waals surface area contributed by atoms with E-state index in [9.17, 15) is 0 Å². The maximum atomic E-state index is 4.45. The summed E-state index contributed by atoms with van der Waals surface area (Å²) in [5.41, 5.74) is 1.25. The van der Waals surface area contributed by atoms with Gasteiger partial charge in [0.15, 0.2) is 0 Å². The van der Waals surface area contributed by atoms with Crippen molar-refractivity contribution in [3.05, 3.63) is 36.1 Å². The summed E-state index contributed by atoms with van der Waals surface area (Å²) < 4.78 is 0. The molecule has 2 rings (SSSR count). The first-order valence-corrected chi connectivity index (χ1v) is 4.94. The second-order valence-corrected chi connectivity index (χ2v) is 3.77. The SMILES string of the molecule is C[C@H]1C=C(C2C=CC=CC2)N=CC1. The van der Waals surface area contributed by atoms with Crippen LogP contribution in [0.4, 0.5) is 0 Å². The van der Waals surface area contributed by atoms with Crippen LogP contribution in [0.25, 0.3) is 0 Å². The second-order valence-electron chi connectivity index (χ2n) is 3.77. The monoisotopic (exact) mass is 173 g/mol. The van der Waals surface area contributed by atoms with Crippen molar-refractivity contribution in [3.8, 4) is 0 Å². The summed E-state index contributed by atoms with van der Waals surface area (Å²) in [6.07, 6.45) is 15.2. The molecule has 0 saturated heterocycles. The second kappa shape index (κ2) is 3.73. The number of hydrogen-bond acceptors (Lipinski definition) is 1. The summed E-state index contributed by atoms with van der Waals surface area (Å²) in [6.45, 7) is 2.24. The van der Waals surface area contributed by atoms with Crippen LogP contribution < -0.4 is 0 Å². The normalized spacial score (nSPS) is 31.9. The fourth-order valence-corrected chi connectivity index (χ4v) is 1.75. The van der Waals surface area contributed by atoms with Gasteiger partial charge in [-0.3, -0.25) is 4.99 Å². The van der Waals surface area contributed by atoms with Crippen LogP contribution in [-0.4, -0.2) is 6.21 Å². The molecule has 0 N–H and O–H groups in total. The zero-order valence-corrected chi connectivity index (χ0v) is 7.98. The fourth-order valence-electron chi connectivity index (χ4n) is 1.75. The first-order valence-electron chi connectivity index (χ1n) is 4.94. The first kappa shape index (κ1) is 8.49. The molecular formula is C12H15N. The van der Waals surface area contributed by atoms with E-state index >= 15 is 0 Å². The minimum Gasteiger partial charge on any atom is -0.265 e. The molecule has 0 aromatic heterocycles. The van der Waals surface area contributed by atoms with Gasteiger partial charge in [0, 0.05) is 17.8 Å². The Hall–Kier alpha value is -1.11. The minimum absolute atomic E-state index is 0.518. The lowest BCUT2D eigenvalue weighted by Crippen LogP contribution is -2.07. The van der Waals surface area contributed by atoms with E-state index in [4.69, 9.17) is 0 Å². The largest absolute Gasteiger partial charge is 0.265 e. The fraction of sp³-hybridized carbons (Fsp3) is 0.417. The van der Waals surface area contributed by atoms with Gasteiger partial charge in [-0.15, -0.1) is 0 Å². The third kappa shape index (κ3) is 1.97. The maximum absolute atomic E-state index is 4.45. The lowest BCUT2D eigenvalue weighted by molar-refractivity contribution is 0.689. The molecule has 2 atom stereocenters. The molecule has 0 saturated carbocycles. The van der Waals surface area contributed by atoms with Gasteiger partial charge in [-0.25, -0.2) is 0 Å². The average molecular weight is 173 g/mol. The van der Waals surface area contributed by atoms with E-state index in [-0.39, 0.29) is 0 Å². The van der Waals surface area contributed by atoms with Crippen LogP contribution >= 0.6 is 0 Å². The van der Waals surface area contributed by atoms with E-state index in [0.29, 0.717) is 11.8 Å². The predicted molar refractivity (Wildman–Crippen MR) is 56.7 cm³/mol. The Bertz CT molecular complexity index is 294. The Morgan fingerprint density at radius 1 is 1.31 bits per heavy atom. The predicted octanol–water partition coefficient (Wildman–Crippen LogP) is 3.11. The molecular weight excluding hydrogens is 158 g/mol. The number of aliphatic imine (C=N–C) groups is 1. The minimum atomic E-state index is 0.518. The number of rotatable bonds is 1. The molecule has 1 nitrogen and oxygen atoms in total. The van der Waals surface area contributed by atoms with Crippen LogP contribution in [-0.2, 0) is 0 Å². The lowest BCUT2D eigenvalue weighted by atomic mass is 9.93. The molecule has 1 aliphatic carbocycles. The van der Waals surface area contributed by atoms with E-state index in [2.05, 4.69) is 42.3 Å². The summed E-state index contributed by atoms with van der Waals surface area (Å²) >= 11 is 0. The van der Waals surface area contributed by atoms with Gasteiger partial charge in [0.2, 0.25) is 0 Å². The van der Waals surface area contributed by atoms with Crippen molar-refractivity contribution in [3.63, 3.8) is 0 Å². The summed E-state index contributed by atoms with van der Waals surface area (Å²) in [6, 6.07) is 0. The molecule has 0 radical (unpaired) electrons. The van der Waals surface area contributed by atoms with Crippen molar-refractivity contribution in [2.75, 3.05) is 0 Å². The van der Waals surface area contributed by atoms with Gasteiger partial charge < -0.3 is 0 Å². The van der Waals surface area contributed by atoms with E-state index in [1.54, 1.807) is 0 Å². The van der Waals surface area contributed by atoms with Crippen LogP contribution in [0.15, 0.2) is 41.1 Å². The van der Waals surface area contributed by atoms with Crippen LogP contribution in [0, 0.1) is 11.8 Å². The zero-order chi connectivity index (χ0) is 9.10. The van der Waals surface area contributed by atoms with E-state index in [0.717, 1.165) is 12.8 Å². The molecule has 2 aliphatic rings. The third-order valence-electron chi connectivity index (χ3n) is 2.53. The molecule has 0 aromatic rings.